The Balaban J connectivity index is 2.30. The Morgan fingerprint density at radius 3 is 2.86 bits per heavy atom. The van der Waals surface area contributed by atoms with Gasteiger partial charge in [0.05, 0.1) is 33.4 Å². The second-order valence-corrected chi connectivity index (χ2v) is 4.66. The van der Waals surface area contributed by atoms with Gasteiger partial charge in [-0.2, -0.15) is 5.26 Å². The molecule has 3 rings (SSSR count). The lowest BCUT2D eigenvalue weighted by molar-refractivity contribution is 0.0699. The van der Waals surface area contributed by atoms with E-state index in [1.807, 2.05) is 6.07 Å². The SMILES string of the molecule is N#Cc1ccc(Cl)c(-n2nnc3c(C(=O)O)cccc32)c1. The van der Waals surface area contributed by atoms with Gasteiger partial charge >= 0.3 is 5.97 Å². The number of carbonyl (C=O) groups is 1. The van der Waals surface area contributed by atoms with Crippen LogP contribution >= 0.6 is 11.6 Å². The molecule has 0 aliphatic heterocycles. The molecule has 1 heterocycles. The lowest BCUT2D eigenvalue weighted by Gasteiger charge is -2.05. The second-order valence-electron chi connectivity index (χ2n) is 4.26. The van der Waals surface area contributed by atoms with Gasteiger partial charge in [-0.05, 0) is 30.3 Å². The molecule has 1 aromatic heterocycles. The Bertz CT molecular complexity index is 911. The molecule has 0 radical (unpaired) electrons. The smallest absolute Gasteiger partial charge is 0.338 e. The molecule has 0 saturated carbocycles. The highest BCUT2D eigenvalue weighted by atomic mass is 35.5. The minimum atomic E-state index is -1.08. The van der Waals surface area contributed by atoms with Crippen molar-refractivity contribution < 1.29 is 9.90 Å². The Kier molecular flexibility index (Phi) is 3.05. The maximum atomic E-state index is 11.2. The molecule has 3 aromatic rings. The average Bonchev–Trinajstić information content (AvgIpc) is 2.91. The van der Waals surface area contributed by atoms with Crippen LogP contribution in [0.2, 0.25) is 5.02 Å². The number of carboxylic acids is 1. The van der Waals surface area contributed by atoms with E-state index in [-0.39, 0.29) is 11.1 Å². The molecule has 102 valence electrons. The average molecular weight is 299 g/mol. The molecule has 0 bridgehead atoms. The van der Waals surface area contributed by atoms with E-state index in [0.717, 1.165) is 0 Å². The Morgan fingerprint density at radius 1 is 1.33 bits per heavy atom. The van der Waals surface area contributed by atoms with E-state index in [9.17, 15) is 4.79 Å². The van der Waals surface area contributed by atoms with Gasteiger partial charge in [0.15, 0.2) is 0 Å². The zero-order valence-corrected chi connectivity index (χ0v) is 11.2. The van der Waals surface area contributed by atoms with Crippen molar-refractivity contribution in [1.82, 2.24) is 15.0 Å². The zero-order chi connectivity index (χ0) is 15.0. The third-order valence-electron chi connectivity index (χ3n) is 3.01. The van der Waals surface area contributed by atoms with Gasteiger partial charge < -0.3 is 5.11 Å². The summed E-state index contributed by atoms with van der Waals surface area (Å²) in [5.41, 5.74) is 1.73. The van der Waals surface area contributed by atoms with Crippen LogP contribution in [0.4, 0.5) is 0 Å². The summed E-state index contributed by atoms with van der Waals surface area (Å²) in [6.45, 7) is 0. The van der Waals surface area contributed by atoms with Crippen molar-refractivity contribution in [2.24, 2.45) is 0 Å². The number of nitriles is 1. The highest BCUT2D eigenvalue weighted by molar-refractivity contribution is 6.32. The van der Waals surface area contributed by atoms with Gasteiger partial charge in [-0.3, -0.25) is 0 Å². The van der Waals surface area contributed by atoms with Gasteiger partial charge in [0, 0.05) is 0 Å². The van der Waals surface area contributed by atoms with Crippen LogP contribution in [-0.4, -0.2) is 26.1 Å². The number of benzene rings is 2. The van der Waals surface area contributed by atoms with Crippen LogP contribution < -0.4 is 0 Å². The summed E-state index contributed by atoms with van der Waals surface area (Å²) in [7, 11) is 0. The van der Waals surface area contributed by atoms with Crippen LogP contribution in [-0.2, 0) is 0 Å². The Morgan fingerprint density at radius 2 is 2.14 bits per heavy atom. The molecule has 0 aliphatic carbocycles. The molecule has 1 N–H and O–H groups in total. The molecule has 0 amide bonds. The number of aromatic carboxylic acids is 1. The highest BCUT2D eigenvalue weighted by Gasteiger charge is 2.16. The highest BCUT2D eigenvalue weighted by Crippen LogP contribution is 2.25. The second kappa shape index (κ2) is 4.89. The van der Waals surface area contributed by atoms with Crippen molar-refractivity contribution in [1.29, 1.82) is 5.26 Å². The number of halogens is 1. The van der Waals surface area contributed by atoms with Crippen LogP contribution in [0.1, 0.15) is 15.9 Å². The molecule has 0 saturated heterocycles. The maximum absolute atomic E-state index is 11.2. The first-order valence-corrected chi connectivity index (χ1v) is 6.27. The lowest BCUT2D eigenvalue weighted by Crippen LogP contribution is -1.99. The standard InChI is InChI=1S/C14H7ClN4O2/c15-10-5-4-8(7-16)6-12(10)19-11-3-1-2-9(14(20)21)13(11)17-18-19/h1-6H,(H,20,21). The first-order chi connectivity index (χ1) is 10.1. The molecule has 0 unspecified atom stereocenters. The summed E-state index contributed by atoms with van der Waals surface area (Å²) in [4.78, 5) is 11.2. The number of hydrogen-bond donors (Lipinski definition) is 1. The number of carboxylic acid groups (broad SMARTS) is 1. The number of aromatic nitrogens is 3. The largest absolute Gasteiger partial charge is 0.478 e. The van der Waals surface area contributed by atoms with Crippen molar-refractivity contribution in [3.05, 3.63) is 52.5 Å². The summed E-state index contributed by atoms with van der Waals surface area (Å²) in [5, 5.41) is 26.4. The molecule has 6 nitrogen and oxygen atoms in total. The fourth-order valence-corrected chi connectivity index (χ4v) is 2.24. The van der Waals surface area contributed by atoms with Gasteiger partial charge in [-0.1, -0.05) is 22.9 Å². The van der Waals surface area contributed by atoms with E-state index in [2.05, 4.69) is 10.3 Å². The number of nitrogens with zero attached hydrogens (tertiary/aromatic N) is 4. The van der Waals surface area contributed by atoms with Crippen LogP contribution in [0, 0.1) is 11.3 Å². The van der Waals surface area contributed by atoms with Crippen LogP contribution in [0.25, 0.3) is 16.7 Å². The summed E-state index contributed by atoms with van der Waals surface area (Å²) in [6.07, 6.45) is 0. The van der Waals surface area contributed by atoms with Gasteiger partial charge in [0.25, 0.3) is 0 Å². The molecule has 2 aromatic carbocycles. The van der Waals surface area contributed by atoms with E-state index in [4.69, 9.17) is 22.0 Å². The third kappa shape index (κ3) is 2.10. The molecular formula is C14H7ClN4O2. The molecule has 7 heteroatoms. The van der Waals surface area contributed by atoms with Crippen LogP contribution in [0.5, 0.6) is 0 Å². The van der Waals surface area contributed by atoms with Gasteiger partial charge in [-0.15, -0.1) is 5.10 Å². The number of hydrogen-bond acceptors (Lipinski definition) is 4. The summed E-state index contributed by atoms with van der Waals surface area (Å²) in [5.74, 6) is -1.08. The third-order valence-corrected chi connectivity index (χ3v) is 3.33. The number of rotatable bonds is 2. The van der Waals surface area contributed by atoms with E-state index in [1.165, 1.54) is 10.7 Å². The van der Waals surface area contributed by atoms with E-state index >= 15 is 0 Å². The van der Waals surface area contributed by atoms with Crippen molar-refractivity contribution in [3.8, 4) is 11.8 Å². The van der Waals surface area contributed by atoms with Crippen molar-refractivity contribution in [3.63, 3.8) is 0 Å². The van der Waals surface area contributed by atoms with Crippen molar-refractivity contribution in [2.75, 3.05) is 0 Å². The van der Waals surface area contributed by atoms with Crippen LogP contribution in [0.15, 0.2) is 36.4 Å². The van der Waals surface area contributed by atoms with Gasteiger partial charge in [0.1, 0.15) is 5.52 Å². The summed E-state index contributed by atoms with van der Waals surface area (Å²) < 4.78 is 1.42. The Labute approximate surface area is 123 Å². The Hall–Kier alpha value is -2.91. The normalized spacial score (nSPS) is 10.5. The van der Waals surface area contributed by atoms with Crippen molar-refractivity contribution in [2.45, 2.75) is 0 Å². The van der Waals surface area contributed by atoms with Gasteiger partial charge in [-0.25, -0.2) is 9.48 Å². The van der Waals surface area contributed by atoms with E-state index < -0.39 is 5.97 Å². The maximum Gasteiger partial charge on any atom is 0.338 e. The molecule has 0 spiro atoms. The molecular weight excluding hydrogens is 292 g/mol. The van der Waals surface area contributed by atoms with E-state index in [1.54, 1.807) is 30.3 Å². The fraction of sp³-hybridized carbons (Fsp3) is 0. The zero-order valence-electron chi connectivity index (χ0n) is 10.5. The monoisotopic (exact) mass is 298 g/mol. The van der Waals surface area contributed by atoms with E-state index in [0.29, 0.717) is 21.8 Å². The molecule has 21 heavy (non-hydrogen) atoms. The first-order valence-electron chi connectivity index (χ1n) is 5.89. The first kappa shape index (κ1) is 13.1. The predicted molar refractivity (Wildman–Crippen MR) is 75.5 cm³/mol. The molecule has 0 atom stereocenters. The quantitative estimate of drug-likeness (QED) is 0.785. The lowest BCUT2D eigenvalue weighted by atomic mass is 10.1. The molecule has 0 aliphatic rings. The predicted octanol–water partition coefficient (Wildman–Crippen LogP) is 2.64. The van der Waals surface area contributed by atoms with Crippen molar-refractivity contribution >= 4 is 28.6 Å². The van der Waals surface area contributed by atoms with Crippen LogP contribution in [0.3, 0.4) is 0 Å². The van der Waals surface area contributed by atoms with Gasteiger partial charge in [0.2, 0.25) is 0 Å². The summed E-state index contributed by atoms with van der Waals surface area (Å²) in [6, 6.07) is 11.5. The molecule has 0 fully saturated rings. The minimum Gasteiger partial charge on any atom is -0.478 e. The minimum absolute atomic E-state index is 0.0614. The summed E-state index contributed by atoms with van der Waals surface area (Å²) >= 11 is 6.13. The number of fused-ring (bicyclic) bond motifs is 1. The fourth-order valence-electron chi connectivity index (χ4n) is 2.04. The topological polar surface area (TPSA) is 91.8 Å².